The number of rotatable bonds is 3. The van der Waals surface area contributed by atoms with Crippen LogP contribution in [0.1, 0.15) is 34.1 Å². The van der Waals surface area contributed by atoms with Gasteiger partial charge in [0.2, 0.25) is 5.91 Å². The maximum atomic E-state index is 12.6. The minimum atomic E-state index is -1.08. The third kappa shape index (κ3) is 2.73. The highest BCUT2D eigenvalue weighted by molar-refractivity contribution is 6.53. The van der Waals surface area contributed by atoms with Crippen molar-refractivity contribution in [3.05, 3.63) is 58.6 Å². The largest absolute Gasteiger partial charge is 0.325 e. The normalized spacial score (nSPS) is 22.6. The van der Waals surface area contributed by atoms with Gasteiger partial charge in [-0.25, -0.2) is 4.90 Å². The van der Waals surface area contributed by atoms with Gasteiger partial charge in [-0.1, -0.05) is 23.7 Å². The van der Waals surface area contributed by atoms with E-state index in [0.717, 1.165) is 4.90 Å². The van der Waals surface area contributed by atoms with Crippen LogP contribution in [0.2, 0.25) is 5.02 Å². The first-order valence-corrected chi connectivity index (χ1v) is 9.26. The third-order valence-corrected chi connectivity index (χ3v) is 6.40. The maximum Gasteiger partial charge on any atom is 0.266 e. The van der Waals surface area contributed by atoms with E-state index in [0.29, 0.717) is 23.2 Å². The Morgan fingerprint density at radius 1 is 1.07 bits per heavy atom. The molecule has 8 heteroatoms. The molecule has 138 valence electrons. The fourth-order valence-electron chi connectivity index (χ4n) is 3.09. The van der Waals surface area contributed by atoms with Crippen LogP contribution in [0, 0.1) is 5.41 Å². The summed E-state index contributed by atoms with van der Waals surface area (Å²) >= 11 is 18.4. The smallest absolute Gasteiger partial charge is 0.266 e. The van der Waals surface area contributed by atoms with Gasteiger partial charge in [-0.2, -0.15) is 0 Å². The number of imide groups is 1. The van der Waals surface area contributed by atoms with Gasteiger partial charge in [0.15, 0.2) is 0 Å². The SMILES string of the molecule is CC1(C(=O)Nc2ccc(N3C(=O)c4ccccc4C3=O)c(Cl)c2)CC1(Cl)Cl. The van der Waals surface area contributed by atoms with Crippen LogP contribution in [0.4, 0.5) is 11.4 Å². The number of fused-ring (bicyclic) bond motifs is 1. The molecule has 0 spiro atoms. The molecule has 1 heterocycles. The first-order chi connectivity index (χ1) is 12.7. The van der Waals surface area contributed by atoms with Gasteiger partial charge in [0.25, 0.3) is 11.8 Å². The standard InChI is InChI=1S/C19H13Cl3N2O3/c1-18(9-19(18,21)22)17(27)23-10-6-7-14(13(20)8-10)24-15(25)11-4-2-3-5-12(11)16(24)26/h2-8H,9H2,1H3,(H,23,27). The summed E-state index contributed by atoms with van der Waals surface area (Å²) < 4.78 is -1.08. The van der Waals surface area contributed by atoms with Crippen molar-refractivity contribution in [2.45, 2.75) is 17.7 Å². The summed E-state index contributed by atoms with van der Waals surface area (Å²) in [5, 5.41) is 2.88. The number of amides is 3. The number of nitrogens with one attached hydrogen (secondary N) is 1. The monoisotopic (exact) mass is 422 g/mol. The van der Waals surface area contributed by atoms with E-state index in [-0.39, 0.29) is 16.6 Å². The van der Waals surface area contributed by atoms with Gasteiger partial charge in [-0.05, 0) is 43.7 Å². The van der Waals surface area contributed by atoms with Crippen molar-refractivity contribution in [2.24, 2.45) is 5.41 Å². The minimum absolute atomic E-state index is 0.159. The molecule has 1 N–H and O–H groups in total. The van der Waals surface area contributed by atoms with E-state index in [1.54, 1.807) is 37.3 Å². The van der Waals surface area contributed by atoms with E-state index in [9.17, 15) is 14.4 Å². The summed E-state index contributed by atoms with van der Waals surface area (Å²) in [4.78, 5) is 38.6. The lowest BCUT2D eigenvalue weighted by Crippen LogP contribution is -2.29. The second-order valence-corrected chi connectivity index (χ2v) is 8.72. The molecule has 1 saturated carbocycles. The van der Waals surface area contributed by atoms with Crippen molar-refractivity contribution in [1.82, 2.24) is 0 Å². The average molecular weight is 424 g/mol. The highest BCUT2D eigenvalue weighted by atomic mass is 35.5. The van der Waals surface area contributed by atoms with Gasteiger partial charge in [0.1, 0.15) is 4.33 Å². The molecule has 2 aromatic rings. The van der Waals surface area contributed by atoms with Crippen molar-refractivity contribution >= 4 is 63.9 Å². The number of carbonyl (C=O) groups excluding carboxylic acids is 3. The molecule has 1 aliphatic carbocycles. The first-order valence-electron chi connectivity index (χ1n) is 8.12. The summed E-state index contributed by atoms with van der Waals surface area (Å²) in [6.07, 6.45) is 0.357. The Morgan fingerprint density at radius 2 is 1.63 bits per heavy atom. The number of hydrogen-bond acceptors (Lipinski definition) is 3. The van der Waals surface area contributed by atoms with Crippen molar-refractivity contribution < 1.29 is 14.4 Å². The van der Waals surface area contributed by atoms with Gasteiger partial charge >= 0.3 is 0 Å². The van der Waals surface area contributed by atoms with Crippen LogP contribution in [0.3, 0.4) is 0 Å². The first kappa shape index (κ1) is 18.3. The molecule has 2 aromatic carbocycles. The zero-order chi connectivity index (χ0) is 19.6. The molecule has 2 aliphatic rings. The Bertz CT molecular complexity index is 986. The van der Waals surface area contributed by atoms with Crippen LogP contribution in [0.5, 0.6) is 0 Å². The highest BCUT2D eigenvalue weighted by Gasteiger charge is 2.67. The van der Waals surface area contributed by atoms with Crippen LogP contribution in [-0.4, -0.2) is 22.1 Å². The maximum absolute atomic E-state index is 12.6. The van der Waals surface area contributed by atoms with E-state index in [1.165, 1.54) is 12.1 Å². The van der Waals surface area contributed by atoms with Crippen LogP contribution < -0.4 is 10.2 Å². The topological polar surface area (TPSA) is 66.5 Å². The zero-order valence-electron chi connectivity index (χ0n) is 14.1. The van der Waals surface area contributed by atoms with Crippen molar-refractivity contribution in [1.29, 1.82) is 0 Å². The van der Waals surface area contributed by atoms with Gasteiger partial charge in [-0.15, -0.1) is 23.2 Å². The molecule has 1 unspecified atom stereocenters. The summed E-state index contributed by atoms with van der Waals surface area (Å²) in [5.74, 6) is -1.19. The summed E-state index contributed by atoms with van der Waals surface area (Å²) in [6, 6.07) is 11.1. The fraction of sp³-hybridized carbons (Fsp3) is 0.211. The van der Waals surface area contributed by atoms with Gasteiger partial charge in [0, 0.05) is 5.69 Å². The van der Waals surface area contributed by atoms with Gasteiger partial charge in [0.05, 0.1) is 27.3 Å². The zero-order valence-corrected chi connectivity index (χ0v) is 16.3. The van der Waals surface area contributed by atoms with Crippen LogP contribution in [0.25, 0.3) is 0 Å². The Hall–Kier alpha value is -2.08. The lowest BCUT2D eigenvalue weighted by molar-refractivity contribution is -0.120. The molecule has 0 aromatic heterocycles. The van der Waals surface area contributed by atoms with Gasteiger partial charge in [-0.3, -0.25) is 14.4 Å². The molecule has 0 radical (unpaired) electrons. The average Bonchev–Trinajstić information content (AvgIpc) is 3.05. The number of alkyl halides is 2. The molecule has 1 aliphatic heterocycles. The summed E-state index contributed by atoms with van der Waals surface area (Å²) in [5.41, 5.74) is 0.463. The molecule has 3 amide bonds. The van der Waals surface area contributed by atoms with Gasteiger partial charge < -0.3 is 5.32 Å². The van der Waals surface area contributed by atoms with E-state index in [1.807, 2.05) is 0 Å². The molecule has 5 nitrogen and oxygen atoms in total. The Labute approximate surface area is 170 Å². The highest BCUT2D eigenvalue weighted by Crippen LogP contribution is 2.64. The van der Waals surface area contributed by atoms with Crippen LogP contribution in [-0.2, 0) is 4.79 Å². The van der Waals surface area contributed by atoms with E-state index in [2.05, 4.69) is 5.32 Å². The quantitative estimate of drug-likeness (QED) is 0.576. The molecular formula is C19H13Cl3N2O3. The predicted octanol–water partition coefficient (Wildman–Crippen LogP) is 4.66. The third-order valence-electron chi connectivity index (χ3n) is 5.00. The Balaban J connectivity index is 1.60. The van der Waals surface area contributed by atoms with Crippen LogP contribution >= 0.6 is 34.8 Å². The number of nitrogens with zero attached hydrogens (tertiary/aromatic N) is 1. The molecule has 0 saturated heterocycles. The van der Waals surface area contributed by atoms with Crippen LogP contribution in [0.15, 0.2) is 42.5 Å². The van der Waals surface area contributed by atoms with Crippen molar-refractivity contribution in [3.63, 3.8) is 0 Å². The van der Waals surface area contributed by atoms with E-state index < -0.39 is 21.6 Å². The number of benzene rings is 2. The number of anilines is 2. The summed E-state index contributed by atoms with van der Waals surface area (Å²) in [6.45, 7) is 1.68. The lowest BCUT2D eigenvalue weighted by Gasteiger charge is -2.17. The Morgan fingerprint density at radius 3 is 2.11 bits per heavy atom. The lowest BCUT2D eigenvalue weighted by atomic mass is 10.1. The van der Waals surface area contributed by atoms with Crippen molar-refractivity contribution in [3.8, 4) is 0 Å². The fourth-order valence-corrected chi connectivity index (χ4v) is 4.06. The summed E-state index contributed by atoms with van der Waals surface area (Å²) in [7, 11) is 0. The second kappa shape index (κ2) is 5.96. The second-order valence-electron chi connectivity index (χ2n) is 6.82. The molecular weight excluding hydrogens is 411 g/mol. The number of carbonyl (C=O) groups is 3. The molecule has 1 atom stereocenters. The minimum Gasteiger partial charge on any atom is -0.325 e. The van der Waals surface area contributed by atoms with E-state index >= 15 is 0 Å². The molecule has 0 bridgehead atoms. The molecule has 1 fully saturated rings. The number of hydrogen-bond donors (Lipinski definition) is 1. The molecule has 4 rings (SSSR count). The van der Waals surface area contributed by atoms with E-state index in [4.69, 9.17) is 34.8 Å². The number of halogens is 3. The van der Waals surface area contributed by atoms with Crippen molar-refractivity contribution in [2.75, 3.05) is 10.2 Å². The predicted molar refractivity (Wildman–Crippen MR) is 105 cm³/mol. The Kier molecular flexibility index (Phi) is 4.04. The molecule has 27 heavy (non-hydrogen) atoms.